The quantitative estimate of drug-likeness (QED) is 0.746. The number of nitrogens with zero attached hydrogens (tertiary/aromatic N) is 1. The third-order valence-corrected chi connectivity index (χ3v) is 4.71. The molecule has 3 rings (SSSR count). The molecular formula is C18H18N2O3S. The average Bonchev–Trinajstić information content (AvgIpc) is 2.55. The fourth-order valence-corrected chi connectivity index (χ4v) is 3.31. The molecular weight excluding hydrogens is 324 g/mol. The van der Waals surface area contributed by atoms with Crippen LogP contribution in [-0.2, 0) is 10.0 Å². The molecule has 0 aliphatic rings. The predicted molar refractivity (Wildman–Crippen MR) is 95.8 cm³/mol. The van der Waals surface area contributed by atoms with E-state index in [-0.39, 0.29) is 12.4 Å². The molecule has 5 nitrogen and oxygen atoms in total. The van der Waals surface area contributed by atoms with Crippen LogP contribution in [0.3, 0.4) is 0 Å². The number of ether oxygens (including phenoxy) is 1. The molecule has 0 radical (unpaired) electrons. The Hall–Kier alpha value is -2.60. The first kappa shape index (κ1) is 16.3. The molecule has 0 unspecified atom stereocenters. The molecule has 2 aromatic carbocycles. The van der Waals surface area contributed by atoms with E-state index in [1.54, 1.807) is 18.2 Å². The van der Waals surface area contributed by atoms with E-state index in [0.717, 1.165) is 16.6 Å². The molecule has 0 bridgehead atoms. The lowest BCUT2D eigenvalue weighted by molar-refractivity contribution is 0.341. The number of rotatable bonds is 6. The smallest absolute Gasteiger partial charge is 0.236 e. The molecule has 0 amide bonds. The number of fused-ring (bicyclic) bond motifs is 1. The molecule has 1 N–H and O–H groups in total. The molecule has 3 aromatic rings. The Labute approximate surface area is 141 Å². The van der Waals surface area contributed by atoms with Crippen molar-refractivity contribution < 1.29 is 13.2 Å². The maximum atomic E-state index is 12.3. The monoisotopic (exact) mass is 342 g/mol. The van der Waals surface area contributed by atoms with E-state index in [9.17, 15) is 8.42 Å². The number of aromatic nitrogens is 1. The summed E-state index contributed by atoms with van der Waals surface area (Å²) in [6, 6.07) is 18.3. The highest BCUT2D eigenvalue weighted by atomic mass is 32.2. The first-order chi connectivity index (χ1) is 11.5. The van der Waals surface area contributed by atoms with Gasteiger partial charge in [-0.3, -0.25) is 9.71 Å². The number of benzene rings is 2. The zero-order valence-corrected chi connectivity index (χ0v) is 14.1. The van der Waals surface area contributed by atoms with E-state index in [2.05, 4.69) is 9.71 Å². The molecule has 124 valence electrons. The van der Waals surface area contributed by atoms with Crippen LogP contribution in [0, 0.1) is 6.92 Å². The van der Waals surface area contributed by atoms with Gasteiger partial charge in [0.25, 0.3) is 0 Å². The second-order valence-electron chi connectivity index (χ2n) is 5.41. The van der Waals surface area contributed by atoms with Crippen molar-refractivity contribution >= 4 is 26.6 Å². The van der Waals surface area contributed by atoms with Gasteiger partial charge in [-0.15, -0.1) is 0 Å². The summed E-state index contributed by atoms with van der Waals surface area (Å²) < 4.78 is 32.8. The van der Waals surface area contributed by atoms with Gasteiger partial charge in [-0.25, -0.2) is 8.42 Å². The van der Waals surface area contributed by atoms with E-state index in [1.165, 1.54) is 0 Å². The van der Waals surface area contributed by atoms with Gasteiger partial charge in [0.15, 0.2) is 0 Å². The molecule has 0 aliphatic heterocycles. The standard InChI is InChI=1S/C18H18N2O3S/c1-14-13-18(16-9-5-6-10-17(16)19-14)20-24(21,22)12-11-23-15-7-3-2-4-8-15/h2-10,13H,11-12H2,1H3,(H,19,20). The number of anilines is 1. The molecule has 0 aliphatic carbocycles. The van der Waals surface area contributed by atoms with Crippen molar-refractivity contribution in [2.45, 2.75) is 6.92 Å². The van der Waals surface area contributed by atoms with Gasteiger partial charge in [-0.05, 0) is 31.2 Å². The average molecular weight is 342 g/mol. The van der Waals surface area contributed by atoms with Gasteiger partial charge >= 0.3 is 0 Å². The van der Waals surface area contributed by atoms with Gasteiger partial charge in [0.2, 0.25) is 10.0 Å². The van der Waals surface area contributed by atoms with Crippen LogP contribution in [0.25, 0.3) is 10.9 Å². The van der Waals surface area contributed by atoms with Crippen molar-refractivity contribution in [3.05, 3.63) is 66.4 Å². The summed E-state index contributed by atoms with van der Waals surface area (Å²) in [6.45, 7) is 1.92. The third-order valence-electron chi connectivity index (χ3n) is 3.47. The van der Waals surface area contributed by atoms with Crippen LogP contribution in [0.15, 0.2) is 60.7 Å². The Morgan fingerprint density at radius 1 is 1.04 bits per heavy atom. The van der Waals surface area contributed by atoms with Gasteiger partial charge in [0.1, 0.15) is 18.1 Å². The molecule has 0 spiro atoms. The highest BCUT2D eigenvalue weighted by molar-refractivity contribution is 7.92. The summed E-state index contributed by atoms with van der Waals surface area (Å²) in [5.74, 6) is 0.523. The fraction of sp³-hybridized carbons (Fsp3) is 0.167. The van der Waals surface area contributed by atoms with Crippen LogP contribution in [0.1, 0.15) is 5.69 Å². The summed E-state index contributed by atoms with van der Waals surface area (Å²) >= 11 is 0. The maximum absolute atomic E-state index is 12.3. The fourth-order valence-electron chi connectivity index (χ4n) is 2.40. The van der Waals surface area contributed by atoms with Crippen molar-refractivity contribution in [2.24, 2.45) is 0 Å². The number of aryl methyl sites for hydroxylation is 1. The van der Waals surface area contributed by atoms with Crippen LogP contribution in [0.4, 0.5) is 5.69 Å². The van der Waals surface area contributed by atoms with Crippen molar-refractivity contribution in [1.82, 2.24) is 4.98 Å². The van der Waals surface area contributed by atoms with Crippen molar-refractivity contribution in [3.8, 4) is 5.75 Å². The zero-order chi connectivity index (χ0) is 17.0. The van der Waals surface area contributed by atoms with Crippen LogP contribution in [0.2, 0.25) is 0 Å². The molecule has 0 saturated carbocycles. The number of nitrogens with one attached hydrogen (secondary N) is 1. The second kappa shape index (κ2) is 6.88. The zero-order valence-electron chi connectivity index (χ0n) is 13.3. The number of para-hydroxylation sites is 2. The summed E-state index contributed by atoms with van der Waals surface area (Å²) in [6.07, 6.45) is 0. The Balaban J connectivity index is 1.73. The SMILES string of the molecule is Cc1cc(NS(=O)(=O)CCOc2ccccc2)c2ccccc2n1. The largest absolute Gasteiger partial charge is 0.492 e. The highest BCUT2D eigenvalue weighted by Gasteiger charge is 2.13. The van der Waals surface area contributed by atoms with E-state index in [4.69, 9.17) is 4.74 Å². The van der Waals surface area contributed by atoms with Gasteiger partial charge in [-0.1, -0.05) is 36.4 Å². The van der Waals surface area contributed by atoms with E-state index < -0.39 is 10.0 Å². The Kier molecular flexibility index (Phi) is 4.66. The van der Waals surface area contributed by atoms with Gasteiger partial charge in [-0.2, -0.15) is 0 Å². The molecule has 6 heteroatoms. The summed E-state index contributed by atoms with van der Waals surface area (Å²) in [5.41, 5.74) is 2.06. The Morgan fingerprint density at radius 2 is 1.75 bits per heavy atom. The van der Waals surface area contributed by atoms with Gasteiger partial charge < -0.3 is 4.74 Å². The normalized spacial score (nSPS) is 11.4. The Morgan fingerprint density at radius 3 is 2.54 bits per heavy atom. The van der Waals surface area contributed by atoms with Crippen molar-refractivity contribution in [1.29, 1.82) is 0 Å². The van der Waals surface area contributed by atoms with Crippen molar-refractivity contribution in [2.75, 3.05) is 17.1 Å². The summed E-state index contributed by atoms with van der Waals surface area (Å²) in [5, 5.41) is 0.774. The number of pyridine rings is 1. The lowest BCUT2D eigenvalue weighted by Crippen LogP contribution is -2.21. The van der Waals surface area contributed by atoms with Crippen LogP contribution in [-0.4, -0.2) is 25.8 Å². The minimum Gasteiger partial charge on any atom is -0.492 e. The van der Waals surface area contributed by atoms with Crippen LogP contribution in [0.5, 0.6) is 5.75 Å². The summed E-state index contributed by atoms with van der Waals surface area (Å²) in [4.78, 5) is 4.41. The lowest BCUT2D eigenvalue weighted by atomic mass is 10.2. The topological polar surface area (TPSA) is 68.3 Å². The third kappa shape index (κ3) is 4.02. The second-order valence-corrected chi connectivity index (χ2v) is 7.25. The van der Waals surface area contributed by atoms with Gasteiger partial charge in [0, 0.05) is 11.1 Å². The van der Waals surface area contributed by atoms with E-state index in [1.807, 2.05) is 49.4 Å². The molecule has 24 heavy (non-hydrogen) atoms. The van der Waals surface area contributed by atoms with E-state index in [0.29, 0.717) is 11.4 Å². The molecule has 1 aromatic heterocycles. The summed E-state index contributed by atoms with van der Waals surface area (Å²) in [7, 11) is -3.52. The van der Waals surface area contributed by atoms with E-state index >= 15 is 0 Å². The Bertz CT molecular complexity index is 941. The maximum Gasteiger partial charge on any atom is 0.236 e. The minimum atomic E-state index is -3.52. The van der Waals surface area contributed by atoms with Crippen molar-refractivity contribution in [3.63, 3.8) is 0 Å². The molecule has 0 atom stereocenters. The van der Waals surface area contributed by atoms with Crippen LogP contribution < -0.4 is 9.46 Å². The number of sulfonamides is 1. The first-order valence-corrected chi connectivity index (χ1v) is 9.23. The first-order valence-electron chi connectivity index (χ1n) is 7.58. The number of hydrogen-bond donors (Lipinski definition) is 1. The van der Waals surface area contributed by atoms with Crippen LogP contribution >= 0.6 is 0 Å². The lowest BCUT2D eigenvalue weighted by Gasteiger charge is -2.12. The van der Waals surface area contributed by atoms with Gasteiger partial charge in [0.05, 0.1) is 11.2 Å². The molecule has 0 fully saturated rings. The molecule has 0 saturated heterocycles. The number of hydrogen-bond acceptors (Lipinski definition) is 4. The minimum absolute atomic E-state index is 0.0847. The highest BCUT2D eigenvalue weighted by Crippen LogP contribution is 2.23. The predicted octanol–water partition coefficient (Wildman–Crippen LogP) is 3.36. The molecule has 1 heterocycles.